The van der Waals surface area contributed by atoms with Gasteiger partial charge in [0.2, 0.25) is 5.91 Å². The van der Waals surface area contributed by atoms with Gasteiger partial charge in [0.15, 0.2) is 0 Å². The summed E-state index contributed by atoms with van der Waals surface area (Å²) in [4.78, 5) is 16.9. The summed E-state index contributed by atoms with van der Waals surface area (Å²) in [5.41, 5.74) is 5.43. The van der Waals surface area contributed by atoms with Crippen LogP contribution in [0.3, 0.4) is 0 Å². The van der Waals surface area contributed by atoms with E-state index in [-0.39, 0.29) is 11.9 Å². The molecule has 0 spiro atoms. The Hall–Kier alpha value is -2.53. The van der Waals surface area contributed by atoms with E-state index in [4.69, 9.17) is 4.74 Å². The molecule has 2 aromatic carbocycles. The molecule has 0 aromatic heterocycles. The van der Waals surface area contributed by atoms with Crippen LogP contribution in [-0.2, 0) is 9.53 Å². The highest BCUT2D eigenvalue weighted by atomic mass is 16.5. The lowest BCUT2D eigenvalue weighted by Gasteiger charge is -2.45. The largest absolute Gasteiger partial charge is 0.381 e. The first-order valence-electron chi connectivity index (χ1n) is 9.66. The Labute approximate surface area is 160 Å². The Kier molecular flexibility index (Phi) is 4.79. The number of rotatable bonds is 3. The van der Waals surface area contributed by atoms with Crippen molar-refractivity contribution in [1.82, 2.24) is 0 Å². The van der Waals surface area contributed by atoms with E-state index in [1.165, 1.54) is 5.56 Å². The second-order valence-corrected chi connectivity index (χ2v) is 7.52. The van der Waals surface area contributed by atoms with Crippen LogP contribution in [0.2, 0.25) is 0 Å². The van der Waals surface area contributed by atoms with E-state index >= 15 is 0 Å². The van der Waals surface area contributed by atoms with Crippen molar-refractivity contribution in [3.8, 4) is 0 Å². The van der Waals surface area contributed by atoms with Gasteiger partial charge in [0.25, 0.3) is 0 Å². The molecule has 0 radical (unpaired) electrons. The number of amides is 1. The number of hydrogen-bond acceptors (Lipinski definition) is 4. The van der Waals surface area contributed by atoms with Crippen molar-refractivity contribution in [1.29, 1.82) is 0 Å². The van der Waals surface area contributed by atoms with Crippen molar-refractivity contribution < 1.29 is 9.53 Å². The molecule has 2 aromatic rings. The summed E-state index contributed by atoms with van der Waals surface area (Å²) in [6.07, 6.45) is 1.91. The van der Waals surface area contributed by atoms with E-state index in [0.717, 1.165) is 48.8 Å². The van der Waals surface area contributed by atoms with E-state index in [2.05, 4.69) is 47.5 Å². The molecule has 5 nitrogen and oxygen atoms in total. The average Bonchev–Trinajstić information content (AvgIpc) is 2.69. The predicted molar refractivity (Wildman–Crippen MR) is 110 cm³/mol. The number of benzene rings is 2. The maximum atomic E-state index is 12.8. The second-order valence-electron chi connectivity index (χ2n) is 7.52. The average molecular weight is 365 g/mol. The third-order valence-electron chi connectivity index (χ3n) is 5.64. The molecule has 0 bridgehead atoms. The van der Waals surface area contributed by atoms with Crippen LogP contribution >= 0.6 is 0 Å². The molecule has 142 valence electrons. The molecule has 1 saturated heterocycles. The van der Waals surface area contributed by atoms with Gasteiger partial charge in [-0.1, -0.05) is 17.7 Å². The quantitative estimate of drug-likeness (QED) is 0.890. The van der Waals surface area contributed by atoms with Crippen molar-refractivity contribution in [2.75, 3.05) is 35.4 Å². The third-order valence-corrected chi connectivity index (χ3v) is 5.64. The van der Waals surface area contributed by atoms with Crippen LogP contribution in [0.1, 0.15) is 25.3 Å². The minimum Gasteiger partial charge on any atom is -0.381 e. The van der Waals surface area contributed by atoms with Crippen LogP contribution in [0.5, 0.6) is 0 Å². The Morgan fingerprint density at radius 2 is 1.67 bits per heavy atom. The molecule has 1 unspecified atom stereocenters. The standard InChI is InChI=1S/C22H27N3O2/c1-15-4-6-17(7-5-15)23-18-8-9-20-21(14-18)25(16(2)22(26)24(20)3)19-10-12-27-13-11-19/h4-9,14,16,19,23H,10-13H2,1-3H3. The van der Waals surface area contributed by atoms with Crippen molar-refractivity contribution in [2.24, 2.45) is 0 Å². The fourth-order valence-electron chi connectivity index (χ4n) is 4.10. The second kappa shape index (κ2) is 7.24. The maximum Gasteiger partial charge on any atom is 0.249 e. The molecule has 2 heterocycles. The van der Waals surface area contributed by atoms with Gasteiger partial charge in [0, 0.05) is 37.7 Å². The van der Waals surface area contributed by atoms with E-state index in [1.54, 1.807) is 4.90 Å². The maximum absolute atomic E-state index is 12.8. The topological polar surface area (TPSA) is 44.8 Å². The Morgan fingerprint density at radius 3 is 2.37 bits per heavy atom. The number of ether oxygens (including phenoxy) is 1. The zero-order valence-electron chi connectivity index (χ0n) is 16.2. The van der Waals surface area contributed by atoms with E-state index in [1.807, 2.05) is 26.1 Å². The minimum absolute atomic E-state index is 0.147. The normalized spacial score (nSPS) is 20.6. The Bertz CT molecular complexity index is 828. The molecule has 0 aliphatic carbocycles. The summed E-state index contributed by atoms with van der Waals surface area (Å²) < 4.78 is 5.54. The summed E-state index contributed by atoms with van der Waals surface area (Å²) in [6.45, 7) is 5.61. The molecule has 0 saturated carbocycles. The van der Waals surface area contributed by atoms with Gasteiger partial charge in [0.05, 0.1) is 11.4 Å². The lowest BCUT2D eigenvalue weighted by Crippen LogP contribution is -2.55. The zero-order valence-corrected chi connectivity index (χ0v) is 16.2. The first-order valence-corrected chi connectivity index (χ1v) is 9.66. The Morgan fingerprint density at radius 1 is 1.00 bits per heavy atom. The van der Waals surface area contributed by atoms with Crippen molar-refractivity contribution in [2.45, 2.75) is 38.8 Å². The molecule has 1 fully saturated rings. The molecule has 2 aliphatic heterocycles. The highest BCUT2D eigenvalue weighted by molar-refractivity contribution is 6.05. The predicted octanol–water partition coefficient (Wildman–Crippen LogP) is 4.09. The first kappa shape index (κ1) is 17.9. The van der Waals surface area contributed by atoms with E-state index in [9.17, 15) is 4.79 Å². The highest BCUT2D eigenvalue weighted by Crippen LogP contribution is 2.40. The molecule has 1 N–H and O–H groups in total. The van der Waals surface area contributed by atoms with Gasteiger partial charge in [0.1, 0.15) is 6.04 Å². The number of hydrogen-bond donors (Lipinski definition) is 1. The van der Waals surface area contributed by atoms with Gasteiger partial charge in [-0.15, -0.1) is 0 Å². The lowest BCUT2D eigenvalue weighted by molar-refractivity contribution is -0.119. The van der Waals surface area contributed by atoms with Gasteiger partial charge in [-0.3, -0.25) is 4.79 Å². The molecule has 1 atom stereocenters. The van der Waals surface area contributed by atoms with Gasteiger partial charge < -0.3 is 19.9 Å². The third kappa shape index (κ3) is 3.39. The number of likely N-dealkylation sites (N-methyl/N-ethyl adjacent to an activating group) is 1. The summed E-state index contributed by atoms with van der Waals surface area (Å²) in [6, 6.07) is 14.8. The highest BCUT2D eigenvalue weighted by Gasteiger charge is 2.37. The molecule has 2 aliphatic rings. The van der Waals surface area contributed by atoms with E-state index in [0.29, 0.717) is 6.04 Å². The fourth-order valence-corrected chi connectivity index (χ4v) is 4.10. The summed E-state index contributed by atoms with van der Waals surface area (Å²) in [5, 5.41) is 3.49. The molecular formula is C22H27N3O2. The van der Waals surface area contributed by atoms with E-state index < -0.39 is 0 Å². The van der Waals surface area contributed by atoms with Crippen LogP contribution in [0, 0.1) is 6.92 Å². The molecule has 5 heteroatoms. The zero-order chi connectivity index (χ0) is 19.0. The number of fused-ring (bicyclic) bond motifs is 1. The Balaban J connectivity index is 1.70. The number of nitrogens with zero attached hydrogens (tertiary/aromatic N) is 2. The monoisotopic (exact) mass is 365 g/mol. The summed E-state index contributed by atoms with van der Waals surface area (Å²) in [5.74, 6) is 0.147. The van der Waals surface area contributed by atoms with Crippen molar-refractivity contribution in [3.05, 3.63) is 48.0 Å². The molecular weight excluding hydrogens is 338 g/mol. The summed E-state index contributed by atoms with van der Waals surface area (Å²) in [7, 11) is 1.87. The minimum atomic E-state index is -0.166. The van der Waals surface area contributed by atoms with Gasteiger partial charge in [-0.25, -0.2) is 0 Å². The molecule has 1 amide bonds. The van der Waals surface area contributed by atoms with Crippen LogP contribution in [0.4, 0.5) is 22.7 Å². The number of nitrogens with one attached hydrogen (secondary N) is 1. The number of carbonyl (C=O) groups is 1. The van der Waals surface area contributed by atoms with Gasteiger partial charge >= 0.3 is 0 Å². The molecule has 27 heavy (non-hydrogen) atoms. The molecule has 4 rings (SSSR count). The van der Waals surface area contributed by atoms with Gasteiger partial charge in [-0.2, -0.15) is 0 Å². The number of aryl methyl sites for hydroxylation is 1. The fraction of sp³-hybridized carbons (Fsp3) is 0.409. The van der Waals surface area contributed by atoms with Crippen LogP contribution in [0.25, 0.3) is 0 Å². The van der Waals surface area contributed by atoms with Crippen LogP contribution < -0.4 is 15.1 Å². The lowest BCUT2D eigenvalue weighted by atomic mass is 9.99. The first-order chi connectivity index (χ1) is 13.0. The SMILES string of the molecule is Cc1ccc(Nc2ccc3c(c2)N(C2CCOCC2)C(C)C(=O)N3C)cc1. The smallest absolute Gasteiger partial charge is 0.249 e. The van der Waals surface area contributed by atoms with Crippen LogP contribution in [-0.4, -0.2) is 38.3 Å². The van der Waals surface area contributed by atoms with Crippen molar-refractivity contribution >= 4 is 28.7 Å². The van der Waals surface area contributed by atoms with Crippen LogP contribution in [0.15, 0.2) is 42.5 Å². The van der Waals surface area contributed by atoms with Crippen molar-refractivity contribution in [3.63, 3.8) is 0 Å². The number of anilines is 4. The van der Waals surface area contributed by atoms with Gasteiger partial charge in [-0.05, 0) is 57.0 Å². The number of carbonyl (C=O) groups excluding carboxylic acids is 1. The summed E-state index contributed by atoms with van der Waals surface area (Å²) >= 11 is 0.